The number of carbonyl (C=O) groups is 1. The fraction of sp³-hybridized carbons (Fsp3) is 0.412. The molecule has 1 aromatic carbocycles. The molecule has 0 aromatic heterocycles. The largest absolute Gasteiger partial charge is 0.496 e. The van der Waals surface area contributed by atoms with Crippen LogP contribution in [0.1, 0.15) is 25.8 Å². The van der Waals surface area contributed by atoms with Crippen LogP contribution in [0.5, 0.6) is 11.5 Å². The van der Waals surface area contributed by atoms with Crippen LogP contribution in [0.15, 0.2) is 28.2 Å². The molecule has 0 fully saturated rings. The SMILES string of the molecule is COc1cc(C(C)=CC2=NNC(=O)CC2C)c(OC)cc1SC. The van der Waals surface area contributed by atoms with E-state index in [1.807, 2.05) is 38.3 Å². The minimum absolute atomic E-state index is 0.0455. The maximum atomic E-state index is 11.4. The van der Waals surface area contributed by atoms with Crippen LogP contribution >= 0.6 is 11.8 Å². The number of benzene rings is 1. The predicted octanol–water partition coefficient (Wildman–Crippen LogP) is 3.34. The molecule has 124 valence electrons. The third kappa shape index (κ3) is 3.88. The third-order valence-corrected chi connectivity index (χ3v) is 4.56. The van der Waals surface area contributed by atoms with Crippen molar-refractivity contribution in [1.82, 2.24) is 5.43 Å². The van der Waals surface area contributed by atoms with Crippen LogP contribution in [0.3, 0.4) is 0 Å². The molecule has 0 aliphatic carbocycles. The summed E-state index contributed by atoms with van der Waals surface area (Å²) >= 11 is 1.61. The van der Waals surface area contributed by atoms with Crippen LogP contribution in [-0.4, -0.2) is 32.1 Å². The highest BCUT2D eigenvalue weighted by Gasteiger charge is 2.20. The Balaban J connectivity index is 2.43. The molecule has 0 spiro atoms. The van der Waals surface area contributed by atoms with E-state index in [1.165, 1.54) is 0 Å². The number of rotatable bonds is 5. The van der Waals surface area contributed by atoms with E-state index in [1.54, 1.807) is 26.0 Å². The number of thioether (sulfide) groups is 1. The van der Waals surface area contributed by atoms with Gasteiger partial charge in [-0.1, -0.05) is 6.92 Å². The van der Waals surface area contributed by atoms with E-state index in [4.69, 9.17) is 9.47 Å². The Morgan fingerprint density at radius 3 is 2.61 bits per heavy atom. The summed E-state index contributed by atoms with van der Waals surface area (Å²) in [7, 11) is 3.32. The first-order chi connectivity index (χ1) is 11.0. The summed E-state index contributed by atoms with van der Waals surface area (Å²) in [5.74, 6) is 1.65. The molecular formula is C17H22N2O3S. The monoisotopic (exact) mass is 334 g/mol. The van der Waals surface area contributed by atoms with Crippen molar-refractivity contribution in [3.8, 4) is 11.5 Å². The molecule has 0 bridgehead atoms. The van der Waals surface area contributed by atoms with Gasteiger partial charge < -0.3 is 9.47 Å². The number of hydrogen-bond acceptors (Lipinski definition) is 5. The molecule has 5 nitrogen and oxygen atoms in total. The number of hydrogen-bond donors (Lipinski definition) is 1. The van der Waals surface area contributed by atoms with E-state index in [9.17, 15) is 4.79 Å². The van der Waals surface area contributed by atoms with Crippen LogP contribution in [-0.2, 0) is 4.79 Å². The van der Waals surface area contributed by atoms with Crippen molar-refractivity contribution >= 4 is 29.0 Å². The zero-order chi connectivity index (χ0) is 17.0. The lowest BCUT2D eigenvalue weighted by molar-refractivity contribution is -0.121. The van der Waals surface area contributed by atoms with Gasteiger partial charge >= 0.3 is 0 Å². The van der Waals surface area contributed by atoms with Crippen molar-refractivity contribution in [2.45, 2.75) is 25.2 Å². The highest BCUT2D eigenvalue weighted by Crippen LogP contribution is 2.37. The van der Waals surface area contributed by atoms with Gasteiger partial charge in [0.2, 0.25) is 5.91 Å². The number of methoxy groups -OCH3 is 2. The molecule has 6 heteroatoms. The van der Waals surface area contributed by atoms with Gasteiger partial charge in [-0.15, -0.1) is 11.8 Å². The van der Waals surface area contributed by atoms with Crippen LogP contribution < -0.4 is 14.9 Å². The van der Waals surface area contributed by atoms with Crippen LogP contribution in [0.4, 0.5) is 0 Å². The van der Waals surface area contributed by atoms with Crippen LogP contribution in [0.2, 0.25) is 0 Å². The smallest absolute Gasteiger partial charge is 0.240 e. The summed E-state index contributed by atoms with van der Waals surface area (Å²) in [6.07, 6.45) is 4.44. The number of hydrazone groups is 1. The molecule has 1 unspecified atom stereocenters. The molecule has 1 atom stereocenters. The molecule has 2 rings (SSSR count). The van der Waals surface area contributed by atoms with Gasteiger partial charge in [-0.05, 0) is 37.0 Å². The standard InChI is InChI=1S/C17H22N2O3S/c1-10(6-13-11(2)7-17(20)19-18-13)12-8-15(22-4)16(23-5)9-14(12)21-3/h6,8-9,11H,7H2,1-5H3,(H,19,20). The molecular weight excluding hydrogens is 312 g/mol. The molecule has 1 amide bonds. The number of ether oxygens (including phenoxy) is 2. The number of carbonyl (C=O) groups excluding carboxylic acids is 1. The molecule has 1 heterocycles. The van der Waals surface area contributed by atoms with Gasteiger partial charge in [0.15, 0.2) is 0 Å². The Hall–Kier alpha value is -1.95. The number of nitrogens with one attached hydrogen (secondary N) is 1. The topological polar surface area (TPSA) is 59.9 Å². The second-order valence-corrected chi connectivity index (χ2v) is 6.26. The lowest BCUT2D eigenvalue weighted by atomic mass is 9.96. The van der Waals surface area contributed by atoms with E-state index in [0.29, 0.717) is 6.42 Å². The Bertz CT molecular complexity index is 668. The van der Waals surface area contributed by atoms with Gasteiger partial charge in [-0.2, -0.15) is 5.10 Å². The van der Waals surface area contributed by atoms with Gasteiger partial charge in [0, 0.05) is 17.9 Å². The van der Waals surface area contributed by atoms with E-state index in [0.717, 1.165) is 33.2 Å². The van der Waals surface area contributed by atoms with Gasteiger partial charge in [0.05, 0.1) is 24.8 Å². The zero-order valence-electron chi connectivity index (χ0n) is 14.1. The average molecular weight is 334 g/mol. The van der Waals surface area contributed by atoms with Crippen molar-refractivity contribution in [2.75, 3.05) is 20.5 Å². The number of amides is 1. The number of nitrogens with zero attached hydrogens (tertiary/aromatic N) is 1. The summed E-state index contributed by atoms with van der Waals surface area (Å²) < 4.78 is 11.0. The summed E-state index contributed by atoms with van der Waals surface area (Å²) in [5.41, 5.74) is 5.35. The summed E-state index contributed by atoms with van der Waals surface area (Å²) in [4.78, 5) is 12.4. The lowest BCUT2D eigenvalue weighted by Crippen LogP contribution is -2.30. The second-order valence-electron chi connectivity index (χ2n) is 5.41. The Kier molecular flexibility index (Phi) is 5.71. The van der Waals surface area contributed by atoms with Gasteiger partial charge in [-0.25, -0.2) is 5.43 Å². The van der Waals surface area contributed by atoms with Crippen molar-refractivity contribution < 1.29 is 14.3 Å². The van der Waals surface area contributed by atoms with Crippen molar-refractivity contribution in [1.29, 1.82) is 0 Å². The lowest BCUT2D eigenvalue weighted by Gasteiger charge is -2.18. The van der Waals surface area contributed by atoms with E-state index < -0.39 is 0 Å². The maximum absolute atomic E-state index is 11.4. The molecule has 1 N–H and O–H groups in total. The van der Waals surface area contributed by atoms with Gasteiger partial charge in [0.1, 0.15) is 11.5 Å². The molecule has 1 aromatic rings. The summed E-state index contributed by atoms with van der Waals surface area (Å²) in [5, 5.41) is 4.15. The first-order valence-electron chi connectivity index (χ1n) is 7.35. The van der Waals surface area contributed by atoms with Crippen molar-refractivity contribution in [3.05, 3.63) is 23.8 Å². The minimum atomic E-state index is -0.0455. The van der Waals surface area contributed by atoms with Crippen LogP contribution in [0, 0.1) is 5.92 Å². The van der Waals surface area contributed by atoms with Gasteiger partial charge in [0.25, 0.3) is 0 Å². The molecule has 1 aliphatic heterocycles. The minimum Gasteiger partial charge on any atom is -0.496 e. The fourth-order valence-corrected chi connectivity index (χ4v) is 3.05. The van der Waals surface area contributed by atoms with E-state index >= 15 is 0 Å². The Morgan fingerprint density at radius 2 is 2.04 bits per heavy atom. The zero-order valence-corrected chi connectivity index (χ0v) is 14.9. The fourth-order valence-electron chi connectivity index (χ4n) is 2.48. The molecule has 0 radical (unpaired) electrons. The summed E-state index contributed by atoms with van der Waals surface area (Å²) in [6, 6.07) is 3.95. The van der Waals surface area contributed by atoms with Gasteiger partial charge in [-0.3, -0.25) is 4.79 Å². The Morgan fingerprint density at radius 1 is 1.35 bits per heavy atom. The highest BCUT2D eigenvalue weighted by molar-refractivity contribution is 7.98. The first kappa shape index (κ1) is 17.4. The second kappa shape index (κ2) is 7.55. The quantitative estimate of drug-likeness (QED) is 0.839. The van der Waals surface area contributed by atoms with Crippen LogP contribution in [0.25, 0.3) is 5.57 Å². The molecule has 0 saturated carbocycles. The van der Waals surface area contributed by atoms with Crippen molar-refractivity contribution in [2.24, 2.45) is 11.0 Å². The summed E-state index contributed by atoms with van der Waals surface area (Å²) in [6.45, 7) is 4.00. The molecule has 0 saturated heterocycles. The van der Waals surface area contributed by atoms with E-state index in [-0.39, 0.29) is 11.8 Å². The first-order valence-corrected chi connectivity index (χ1v) is 8.57. The molecule has 1 aliphatic rings. The van der Waals surface area contributed by atoms with E-state index in [2.05, 4.69) is 10.5 Å². The molecule has 23 heavy (non-hydrogen) atoms. The number of allylic oxidation sites excluding steroid dienone is 2. The third-order valence-electron chi connectivity index (χ3n) is 3.80. The predicted molar refractivity (Wildman–Crippen MR) is 94.3 cm³/mol. The Labute approximate surface area is 141 Å². The maximum Gasteiger partial charge on any atom is 0.240 e. The average Bonchev–Trinajstić information content (AvgIpc) is 2.55. The highest BCUT2D eigenvalue weighted by atomic mass is 32.2. The normalized spacial score (nSPS) is 18.3. The van der Waals surface area contributed by atoms with Crippen molar-refractivity contribution in [3.63, 3.8) is 0 Å².